The lowest BCUT2D eigenvalue weighted by Gasteiger charge is -2.23. The number of carbonyl (C=O) groups is 1. The molecular weight excluding hydrogens is 231 g/mol. The zero-order valence-electron chi connectivity index (χ0n) is 9.01. The largest absolute Gasteiger partial charge is 0.481 e. The summed E-state index contributed by atoms with van der Waals surface area (Å²) >= 11 is 0. The van der Waals surface area contributed by atoms with Gasteiger partial charge in [0.05, 0.1) is 16.9 Å². The van der Waals surface area contributed by atoms with Gasteiger partial charge >= 0.3 is 5.97 Å². The van der Waals surface area contributed by atoms with Gasteiger partial charge in [-0.25, -0.2) is 4.39 Å². The van der Waals surface area contributed by atoms with E-state index in [0.717, 1.165) is 18.2 Å². The highest BCUT2D eigenvalue weighted by Gasteiger charge is 2.29. The maximum Gasteiger partial charge on any atom is 0.305 e. The summed E-state index contributed by atoms with van der Waals surface area (Å²) in [4.78, 5) is 20.4. The number of aliphatic carboxylic acids is 1. The second kappa shape index (κ2) is 4.46. The van der Waals surface area contributed by atoms with Crippen LogP contribution in [-0.2, 0) is 10.3 Å². The number of rotatable bonds is 4. The first-order chi connectivity index (χ1) is 7.74. The van der Waals surface area contributed by atoms with Crippen molar-refractivity contribution in [1.29, 1.82) is 0 Å². The molecule has 0 saturated heterocycles. The van der Waals surface area contributed by atoms with Crippen LogP contribution in [0.15, 0.2) is 18.2 Å². The average molecular weight is 242 g/mol. The quantitative estimate of drug-likeness (QED) is 0.612. The van der Waals surface area contributed by atoms with Crippen LogP contribution in [0.1, 0.15) is 18.9 Å². The molecule has 0 radical (unpaired) electrons. The number of nitrogens with zero attached hydrogens (tertiary/aromatic N) is 1. The van der Waals surface area contributed by atoms with E-state index in [0.29, 0.717) is 0 Å². The van der Waals surface area contributed by atoms with Crippen molar-refractivity contribution in [2.24, 2.45) is 5.73 Å². The summed E-state index contributed by atoms with van der Waals surface area (Å²) in [6.07, 6.45) is -0.523. The van der Waals surface area contributed by atoms with Gasteiger partial charge in [-0.15, -0.1) is 0 Å². The molecule has 0 aromatic heterocycles. The first kappa shape index (κ1) is 13.0. The highest BCUT2D eigenvalue weighted by molar-refractivity contribution is 5.69. The van der Waals surface area contributed by atoms with Crippen molar-refractivity contribution in [2.75, 3.05) is 0 Å². The monoisotopic (exact) mass is 242 g/mol. The molecule has 3 N–H and O–H groups in total. The number of nitro groups is 1. The lowest BCUT2D eigenvalue weighted by atomic mass is 9.89. The maximum absolute atomic E-state index is 13.5. The molecule has 0 aliphatic heterocycles. The molecule has 0 aliphatic carbocycles. The van der Waals surface area contributed by atoms with Crippen LogP contribution in [0.4, 0.5) is 10.1 Å². The smallest absolute Gasteiger partial charge is 0.305 e. The molecule has 0 bridgehead atoms. The van der Waals surface area contributed by atoms with Gasteiger partial charge in [0.2, 0.25) is 0 Å². The summed E-state index contributed by atoms with van der Waals surface area (Å²) in [7, 11) is 0. The van der Waals surface area contributed by atoms with Crippen molar-refractivity contribution in [1.82, 2.24) is 0 Å². The molecule has 0 heterocycles. The molecule has 0 amide bonds. The number of non-ortho nitro benzene ring substituents is 1. The molecule has 0 fully saturated rings. The van der Waals surface area contributed by atoms with Gasteiger partial charge < -0.3 is 10.8 Å². The van der Waals surface area contributed by atoms with Crippen LogP contribution < -0.4 is 5.73 Å². The molecular formula is C10H11FN2O4. The van der Waals surface area contributed by atoms with E-state index in [1.165, 1.54) is 6.92 Å². The van der Waals surface area contributed by atoms with Crippen molar-refractivity contribution in [3.63, 3.8) is 0 Å². The molecule has 1 atom stereocenters. The number of halogens is 1. The number of nitrogens with two attached hydrogens (primary N) is 1. The Morgan fingerprint density at radius 2 is 2.24 bits per heavy atom. The van der Waals surface area contributed by atoms with Crippen molar-refractivity contribution in [3.05, 3.63) is 39.7 Å². The van der Waals surface area contributed by atoms with E-state index in [4.69, 9.17) is 10.8 Å². The molecule has 1 rings (SSSR count). The second-order valence-corrected chi connectivity index (χ2v) is 3.91. The van der Waals surface area contributed by atoms with Gasteiger partial charge in [0.1, 0.15) is 5.82 Å². The molecule has 6 nitrogen and oxygen atoms in total. The van der Waals surface area contributed by atoms with E-state index in [2.05, 4.69) is 0 Å². The fourth-order valence-electron chi connectivity index (χ4n) is 1.47. The Morgan fingerprint density at radius 3 is 2.71 bits per heavy atom. The lowest BCUT2D eigenvalue weighted by Crippen LogP contribution is -2.36. The number of nitro benzene ring substituents is 1. The second-order valence-electron chi connectivity index (χ2n) is 3.91. The minimum absolute atomic E-state index is 0.186. The Kier molecular flexibility index (Phi) is 3.42. The van der Waals surface area contributed by atoms with Crippen molar-refractivity contribution in [3.8, 4) is 0 Å². The number of hydrogen-bond acceptors (Lipinski definition) is 4. The summed E-state index contributed by atoms with van der Waals surface area (Å²) in [6.45, 7) is 1.31. The lowest BCUT2D eigenvalue weighted by molar-refractivity contribution is -0.385. The number of carboxylic acid groups (broad SMARTS) is 1. The van der Waals surface area contributed by atoms with Gasteiger partial charge in [0.15, 0.2) is 0 Å². The van der Waals surface area contributed by atoms with Crippen LogP contribution in [0.2, 0.25) is 0 Å². The normalized spacial score (nSPS) is 14.1. The molecule has 1 aromatic carbocycles. The Labute approximate surface area is 96.0 Å². The van der Waals surface area contributed by atoms with Gasteiger partial charge in [-0.3, -0.25) is 14.9 Å². The summed E-state index contributed by atoms with van der Waals surface area (Å²) in [5, 5.41) is 19.2. The third-order valence-electron chi connectivity index (χ3n) is 2.29. The van der Waals surface area contributed by atoms with Crippen molar-refractivity contribution in [2.45, 2.75) is 18.9 Å². The fourth-order valence-corrected chi connectivity index (χ4v) is 1.47. The summed E-state index contributed by atoms with van der Waals surface area (Å²) in [5.41, 5.74) is 3.65. The zero-order valence-corrected chi connectivity index (χ0v) is 9.01. The minimum Gasteiger partial charge on any atom is -0.481 e. The highest BCUT2D eigenvalue weighted by atomic mass is 19.1. The molecule has 0 saturated carbocycles. The van der Waals surface area contributed by atoms with Gasteiger partial charge in [0, 0.05) is 17.7 Å². The minimum atomic E-state index is -1.50. The van der Waals surface area contributed by atoms with Crippen molar-refractivity contribution < 1.29 is 19.2 Å². The Morgan fingerprint density at radius 1 is 1.65 bits per heavy atom. The van der Waals surface area contributed by atoms with Gasteiger partial charge in [0.25, 0.3) is 5.69 Å². The van der Waals surface area contributed by atoms with Crippen LogP contribution in [-0.4, -0.2) is 16.0 Å². The third kappa shape index (κ3) is 2.97. The Balaban J connectivity index is 3.24. The van der Waals surface area contributed by atoms with E-state index >= 15 is 0 Å². The highest BCUT2D eigenvalue weighted by Crippen LogP contribution is 2.27. The predicted octanol–water partition coefficient (Wildman–Crippen LogP) is 1.38. The average Bonchev–Trinajstić information content (AvgIpc) is 2.15. The SMILES string of the molecule is CC(N)(CC(=O)O)c1cc([N+](=O)[O-])ccc1F. The maximum atomic E-state index is 13.5. The number of benzene rings is 1. The van der Waals surface area contributed by atoms with E-state index in [1.54, 1.807) is 0 Å². The van der Waals surface area contributed by atoms with Crippen molar-refractivity contribution >= 4 is 11.7 Å². The summed E-state index contributed by atoms with van der Waals surface area (Å²) < 4.78 is 13.5. The van der Waals surface area contributed by atoms with E-state index in [-0.39, 0.29) is 11.3 Å². The van der Waals surface area contributed by atoms with Crippen LogP contribution in [0.5, 0.6) is 0 Å². The van der Waals surface area contributed by atoms with E-state index < -0.39 is 28.7 Å². The van der Waals surface area contributed by atoms with Gasteiger partial charge in [-0.2, -0.15) is 0 Å². The Hall–Kier alpha value is -2.02. The molecule has 1 unspecified atom stereocenters. The molecule has 1 aromatic rings. The van der Waals surface area contributed by atoms with Crippen LogP contribution in [0.3, 0.4) is 0 Å². The summed E-state index contributed by atoms with van der Waals surface area (Å²) in [5.74, 6) is -1.97. The standard InChI is InChI=1S/C10H11FN2O4/c1-10(12,5-9(14)15)7-4-6(13(16)17)2-3-8(7)11/h2-4H,5,12H2,1H3,(H,14,15). The molecule has 0 aliphatic rings. The predicted molar refractivity (Wildman–Crippen MR) is 56.8 cm³/mol. The van der Waals surface area contributed by atoms with Gasteiger partial charge in [-0.05, 0) is 13.0 Å². The molecule has 17 heavy (non-hydrogen) atoms. The fraction of sp³-hybridized carbons (Fsp3) is 0.300. The molecule has 7 heteroatoms. The first-order valence-electron chi connectivity index (χ1n) is 4.69. The number of carboxylic acids is 1. The third-order valence-corrected chi connectivity index (χ3v) is 2.29. The van der Waals surface area contributed by atoms with Crippen LogP contribution in [0, 0.1) is 15.9 Å². The van der Waals surface area contributed by atoms with Crippen LogP contribution in [0.25, 0.3) is 0 Å². The zero-order chi connectivity index (χ0) is 13.2. The molecule has 0 spiro atoms. The topological polar surface area (TPSA) is 106 Å². The first-order valence-corrected chi connectivity index (χ1v) is 4.69. The Bertz CT molecular complexity index is 473. The van der Waals surface area contributed by atoms with E-state index in [1.807, 2.05) is 0 Å². The molecule has 92 valence electrons. The van der Waals surface area contributed by atoms with Crippen LogP contribution >= 0.6 is 0 Å². The number of hydrogen-bond donors (Lipinski definition) is 2. The van der Waals surface area contributed by atoms with Gasteiger partial charge in [-0.1, -0.05) is 0 Å². The summed E-state index contributed by atoms with van der Waals surface area (Å²) in [6, 6.07) is 2.86. The van der Waals surface area contributed by atoms with E-state index in [9.17, 15) is 19.3 Å².